The third-order valence-corrected chi connectivity index (χ3v) is 4.63. The van der Waals surface area contributed by atoms with Gasteiger partial charge in [0.15, 0.2) is 0 Å². The second-order valence-electron chi connectivity index (χ2n) is 6.42. The molecule has 1 aliphatic carbocycles. The van der Waals surface area contributed by atoms with Gasteiger partial charge in [0.2, 0.25) is 12.3 Å². The first-order valence-corrected chi connectivity index (χ1v) is 7.77. The van der Waals surface area contributed by atoms with Crippen molar-refractivity contribution < 1.29 is 4.42 Å². The molecule has 0 spiro atoms. The minimum atomic E-state index is 0.571. The third-order valence-electron chi connectivity index (χ3n) is 4.63. The average Bonchev–Trinajstić information content (AvgIpc) is 2.99. The molecule has 1 heterocycles. The molecule has 2 aromatic rings. The van der Waals surface area contributed by atoms with Crippen molar-refractivity contribution in [3.63, 3.8) is 0 Å². The van der Waals surface area contributed by atoms with E-state index >= 15 is 0 Å². The van der Waals surface area contributed by atoms with Gasteiger partial charge >= 0.3 is 0 Å². The molecule has 0 saturated heterocycles. The normalized spacial score (nSPS) is 25.8. The number of nitrogens with one attached hydrogen (secondary N) is 1. The van der Waals surface area contributed by atoms with Crippen LogP contribution in [0.4, 0.5) is 5.69 Å². The number of aromatic nitrogens is 2. The Morgan fingerprint density at radius 2 is 2.10 bits per heavy atom. The molecule has 0 aliphatic heterocycles. The maximum Gasteiger partial charge on any atom is 0.247 e. The maximum atomic E-state index is 5.25. The lowest BCUT2D eigenvalue weighted by Gasteiger charge is -2.34. The van der Waals surface area contributed by atoms with Gasteiger partial charge in [-0.25, -0.2) is 0 Å². The van der Waals surface area contributed by atoms with E-state index < -0.39 is 0 Å². The second-order valence-corrected chi connectivity index (χ2v) is 6.42. The Hall–Kier alpha value is -1.84. The van der Waals surface area contributed by atoms with Crippen molar-refractivity contribution in [2.75, 3.05) is 5.32 Å². The highest BCUT2D eigenvalue weighted by atomic mass is 16.4. The van der Waals surface area contributed by atoms with E-state index in [1.165, 1.54) is 36.9 Å². The quantitative estimate of drug-likeness (QED) is 0.914. The van der Waals surface area contributed by atoms with Crippen molar-refractivity contribution >= 4 is 5.69 Å². The van der Waals surface area contributed by atoms with Gasteiger partial charge in [-0.05, 0) is 55.4 Å². The molecule has 3 unspecified atom stereocenters. The summed E-state index contributed by atoms with van der Waals surface area (Å²) >= 11 is 0. The lowest BCUT2D eigenvalue weighted by Crippen LogP contribution is -2.33. The molecular weight excluding hydrogens is 262 g/mol. The zero-order valence-electron chi connectivity index (χ0n) is 13.0. The van der Waals surface area contributed by atoms with Crippen LogP contribution in [0.5, 0.6) is 0 Å². The molecular formula is C17H23N3O. The summed E-state index contributed by atoms with van der Waals surface area (Å²) in [6.07, 6.45) is 5.29. The molecule has 0 bridgehead atoms. The standard InChI is InChI=1S/C17H23N3O/c1-11-4-5-12(2)16(8-11)19-15-7-6-14(9-13(15)3)17-20-18-10-21-17/h6-7,9-12,16,19H,4-5,8H2,1-3H3. The Kier molecular flexibility index (Phi) is 3.95. The van der Waals surface area contributed by atoms with Crippen molar-refractivity contribution in [2.45, 2.75) is 46.1 Å². The summed E-state index contributed by atoms with van der Waals surface area (Å²) in [5, 5.41) is 11.4. The first-order chi connectivity index (χ1) is 10.1. The van der Waals surface area contributed by atoms with Crippen LogP contribution in [-0.4, -0.2) is 16.2 Å². The van der Waals surface area contributed by atoms with Crippen molar-refractivity contribution in [3.8, 4) is 11.5 Å². The van der Waals surface area contributed by atoms with Gasteiger partial charge in [-0.1, -0.05) is 20.3 Å². The summed E-state index contributed by atoms with van der Waals surface area (Å²) in [5.41, 5.74) is 3.40. The van der Waals surface area contributed by atoms with E-state index in [-0.39, 0.29) is 0 Å². The monoisotopic (exact) mass is 285 g/mol. The molecule has 1 N–H and O–H groups in total. The number of benzene rings is 1. The van der Waals surface area contributed by atoms with Gasteiger partial charge in [0.25, 0.3) is 0 Å². The van der Waals surface area contributed by atoms with Gasteiger partial charge in [0.05, 0.1) is 0 Å². The molecule has 1 saturated carbocycles. The fourth-order valence-electron chi connectivity index (χ4n) is 3.19. The van der Waals surface area contributed by atoms with Crippen LogP contribution in [0, 0.1) is 18.8 Å². The Bertz CT molecular complexity index is 594. The molecule has 1 aliphatic rings. The zero-order valence-corrected chi connectivity index (χ0v) is 13.0. The van der Waals surface area contributed by atoms with Crippen LogP contribution in [0.3, 0.4) is 0 Å². The summed E-state index contributed by atoms with van der Waals surface area (Å²) in [6, 6.07) is 6.84. The van der Waals surface area contributed by atoms with E-state index in [9.17, 15) is 0 Å². The summed E-state index contributed by atoms with van der Waals surface area (Å²) in [4.78, 5) is 0. The highest BCUT2D eigenvalue weighted by molar-refractivity contribution is 5.62. The molecule has 0 radical (unpaired) electrons. The molecule has 21 heavy (non-hydrogen) atoms. The van der Waals surface area contributed by atoms with Gasteiger partial charge in [-0.3, -0.25) is 0 Å². The summed E-state index contributed by atoms with van der Waals surface area (Å²) in [5.74, 6) is 2.12. The van der Waals surface area contributed by atoms with Crippen LogP contribution in [-0.2, 0) is 0 Å². The van der Waals surface area contributed by atoms with Gasteiger partial charge in [-0.15, -0.1) is 10.2 Å². The molecule has 1 aromatic carbocycles. The Balaban J connectivity index is 1.77. The fraction of sp³-hybridized carbons (Fsp3) is 0.529. The van der Waals surface area contributed by atoms with Crippen molar-refractivity contribution in [2.24, 2.45) is 11.8 Å². The number of hydrogen-bond donors (Lipinski definition) is 1. The van der Waals surface area contributed by atoms with Gasteiger partial charge in [0.1, 0.15) is 0 Å². The highest BCUT2D eigenvalue weighted by Crippen LogP contribution is 2.32. The van der Waals surface area contributed by atoms with E-state index in [2.05, 4.69) is 48.4 Å². The SMILES string of the molecule is Cc1cc(-c2nnco2)ccc1NC1CC(C)CCC1C. The minimum Gasteiger partial charge on any atom is -0.423 e. The number of aryl methyl sites for hydroxylation is 1. The van der Waals surface area contributed by atoms with E-state index in [1.807, 2.05) is 6.07 Å². The van der Waals surface area contributed by atoms with Gasteiger partial charge in [-0.2, -0.15) is 0 Å². The first kappa shape index (κ1) is 14.1. The van der Waals surface area contributed by atoms with Crippen LogP contribution in [0.1, 0.15) is 38.7 Å². The van der Waals surface area contributed by atoms with Crippen LogP contribution in [0.2, 0.25) is 0 Å². The third kappa shape index (κ3) is 3.09. The van der Waals surface area contributed by atoms with Crippen LogP contribution >= 0.6 is 0 Å². The number of hydrogen-bond acceptors (Lipinski definition) is 4. The lowest BCUT2D eigenvalue weighted by molar-refractivity contribution is 0.280. The zero-order chi connectivity index (χ0) is 14.8. The molecule has 1 fully saturated rings. The summed E-state index contributed by atoms with van der Waals surface area (Å²) in [6.45, 7) is 6.83. The molecule has 0 amide bonds. The molecule has 4 heteroatoms. The number of nitrogens with zero attached hydrogens (tertiary/aromatic N) is 2. The van der Waals surface area contributed by atoms with Crippen molar-refractivity contribution in [1.82, 2.24) is 10.2 Å². The summed E-state index contributed by atoms with van der Waals surface area (Å²) < 4.78 is 5.25. The van der Waals surface area contributed by atoms with E-state index in [1.54, 1.807) is 0 Å². The topological polar surface area (TPSA) is 51.0 Å². The maximum absolute atomic E-state index is 5.25. The smallest absolute Gasteiger partial charge is 0.247 e. The Morgan fingerprint density at radius 3 is 2.81 bits per heavy atom. The summed E-state index contributed by atoms with van der Waals surface area (Å²) in [7, 11) is 0. The molecule has 112 valence electrons. The molecule has 3 atom stereocenters. The first-order valence-electron chi connectivity index (χ1n) is 7.77. The van der Waals surface area contributed by atoms with E-state index in [4.69, 9.17) is 4.42 Å². The van der Waals surface area contributed by atoms with E-state index in [0.717, 1.165) is 17.4 Å². The van der Waals surface area contributed by atoms with Crippen molar-refractivity contribution in [1.29, 1.82) is 0 Å². The van der Waals surface area contributed by atoms with Crippen LogP contribution in [0.15, 0.2) is 29.0 Å². The van der Waals surface area contributed by atoms with Gasteiger partial charge in [0, 0.05) is 17.3 Å². The lowest BCUT2D eigenvalue weighted by atomic mass is 9.80. The van der Waals surface area contributed by atoms with Crippen LogP contribution in [0.25, 0.3) is 11.5 Å². The largest absolute Gasteiger partial charge is 0.423 e. The predicted molar refractivity (Wildman–Crippen MR) is 84.1 cm³/mol. The predicted octanol–water partition coefficient (Wildman–Crippen LogP) is 4.28. The number of rotatable bonds is 3. The molecule has 4 nitrogen and oxygen atoms in total. The molecule has 1 aromatic heterocycles. The van der Waals surface area contributed by atoms with E-state index in [0.29, 0.717) is 11.9 Å². The van der Waals surface area contributed by atoms with Crippen molar-refractivity contribution in [3.05, 3.63) is 30.2 Å². The second kappa shape index (κ2) is 5.88. The van der Waals surface area contributed by atoms with Gasteiger partial charge < -0.3 is 9.73 Å². The fourth-order valence-corrected chi connectivity index (χ4v) is 3.19. The minimum absolute atomic E-state index is 0.571. The molecule has 3 rings (SSSR count). The number of anilines is 1. The highest BCUT2D eigenvalue weighted by Gasteiger charge is 2.25. The average molecular weight is 285 g/mol. The Labute approximate surface area is 126 Å². The van der Waals surface area contributed by atoms with Crippen LogP contribution < -0.4 is 5.32 Å². The Morgan fingerprint density at radius 1 is 1.24 bits per heavy atom.